The molecule has 0 nitrogen and oxygen atoms in total. The molecule has 0 amide bonds. The third kappa shape index (κ3) is 8.86. The van der Waals surface area contributed by atoms with E-state index in [2.05, 4.69) is 106 Å². The van der Waals surface area contributed by atoms with E-state index < -0.39 is 0 Å². The van der Waals surface area contributed by atoms with Crippen molar-refractivity contribution >= 4 is 0 Å². The largest absolute Gasteiger partial charge is 0.103 e. The summed E-state index contributed by atoms with van der Waals surface area (Å²) < 4.78 is 0. The predicted octanol–water partition coefficient (Wildman–Crippen LogP) is 7.75. The Labute approximate surface area is 184 Å². The fourth-order valence-electron chi connectivity index (χ4n) is 2.53. The van der Waals surface area contributed by atoms with Gasteiger partial charge in [0.25, 0.3) is 0 Å². The molecule has 1 aliphatic rings. The molecular formula is C30H33. The summed E-state index contributed by atoms with van der Waals surface area (Å²) in [4.78, 5) is 0. The normalized spacial score (nSPS) is 11.4. The van der Waals surface area contributed by atoms with Gasteiger partial charge < -0.3 is 0 Å². The molecular weight excluding hydrogens is 360 g/mol. The van der Waals surface area contributed by atoms with Crippen LogP contribution in [-0.2, 0) is 0 Å². The number of aryl methyl sites for hydroxylation is 2. The van der Waals surface area contributed by atoms with Gasteiger partial charge in [0, 0.05) is 28.7 Å². The van der Waals surface area contributed by atoms with Crippen molar-refractivity contribution < 1.29 is 0 Å². The minimum Gasteiger partial charge on any atom is -0.103 e. The van der Waals surface area contributed by atoms with Crippen LogP contribution >= 0.6 is 0 Å². The van der Waals surface area contributed by atoms with Crippen LogP contribution in [0.25, 0.3) is 0 Å². The second-order valence-electron chi connectivity index (χ2n) is 6.85. The second-order valence-corrected chi connectivity index (χ2v) is 6.85. The topological polar surface area (TPSA) is 0 Å². The second kappa shape index (κ2) is 13.9. The van der Waals surface area contributed by atoms with Crippen molar-refractivity contribution in [3.05, 3.63) is 113 Å². The number of hydrogen-bond donors (Lipinski definition) is 0. The third-order valence-electron chi connectivity index (χ3n) is 4.16. The van der Waals surface area contributed by atoms with Crippen molar-refractivity contribution in [2.75, 3.05) is 0 Å². The van der Waals surface area contributed by atoms with Gasteiger partial charge in [0.05, 0.1) is 0 Å². The van der Waals surface area contributed by atoms with E-state index in [1.807, 2.05) is 26.8 Å². The first kappa shape index (κ1) is 24.8. The lowest BCUT2D eigenvalue weighted by molar-refractivity contribution is 1.11. The van der Waals surface area contributed by atoms with E-state index in [0.29, 0.717) is 0 Å². The molecule has 30 heavy (non-hydrogen) atoms. The molecule has 0 atom stereocenters. The summed E-state index contributed by atoms with van der Waals surface area (Å²) in [5, 5.41) is 0. The molecule has 2 aromatic carbocycles. The highest BCUT2D eigenvalue weighted by molar-refractivity contribution is 5.52. The molecule has 1 radical (unpaired) electrons. The zero-order valence-electron chi connectivity index (χ0n) is 19.3. The zero-order valence-corrected chi connectivity index (χ0v) is 19.3. The lowest BCUT2D eigenvalue weighted by Gasteiger charge is -2.05. The lowest BCUT2D eigenvalue weighted by Crippen LogP contribution is -1.90. The van der Waals surface area contributed by atoms with Gasteiger partial charge in [0.1, 0.15) is 0 Å². The highest BCUT2D eigenvalue weighted by Gasteiger charge is 2.01. The van der Waals surface area contributed by atoms with E-state index in [9.17, 15) is 0 Å². The third-order valence-corrected chi connectivity index (χ3v) is 4.16. The minimum absolute atomic E-state index is 0.993. The summed E-state index contributed by atoms with van der Waals surface area (Å²) in [6.45, 7) is 15.6. The Morgan fingerprint density at radius 3 is 1.97 bits per heavy atom. The number of allylic oxidation sites excluding steroid dienone is 5. The summed E-state index contributed by atoms with van der Waals surface area (Å²) >= 11 is 0. The summed E-state index contributed by atoms with van der Waals surface area (Å²) in [6, 6.07) is 14.5. The maximum absolute atomic E-state index is 3.36. The van der Waals surface area contributed by atoms with E-state index in [1.54, 1.807) is 6.08 Å². The Morgan fingerprint density at radius 1 is 0.800 bits per heavy atom. The van der Waals surface area contributed by atoms with Crippen molar-refractivity contribution in [2.45, 2.75) is 48.0 Å². The van der Waals surface area contributed by atoms with Gasteiger partial charge in [-0.15, -0.1) is 6.58 Å². The predicted molar refractivity (Wildman–Crippen MR) is 133 cm³/mol. The van der Waals surface area contributed by atoms with Crippen molar-refractivity contribution in [1.82, 2.24) is 0 Å². The van der Waals surface area contributed by atoms with Crippen LogP contribution in [0.5, 0.6) is 0 Å². The number of rotatable bonds is 0. The summed E-state index contributed by atoms with van der Waals surface area (Å²) in [7, 11) is 0. The molecule has 0 spiro atoms. The van der Waals surface area contributed by atoms with Crippen LogP contribution in [0.3, 0.4) is 0 Å². The SMILES string of the molecule is C=CC.CC.CC1=CC=C(C#Cc2ccc(C#Cc3ccc(C)cc3)cc2C)[CH]C1. The Bertz CT molecular complexity index is 1000. The molecule has 0 aromatic heterocycles. The molecule has 0 unspecified atom stereocenters. The van der Waals surface area contributed by atoms with Crippen molar-refractivity contribution in [3.8, 4) is 23.7 Å². The van der Waals surface area contributed by atoms with Crippen LogP contribution in [0.15, 0.2) is 78.4 Å². The summed E-state index contributed by atoms with van der Waals surface area (Å²) in [5.74, 6) is 13.0. The average Bonchev–Trinajstić information content (AvgIpc) is 2.76. The van der Waals surface area contributed by atoms with E-state index in [4.69, 9.17) is 0 Å². The van der Waals surface area contributed by atoms with Gasteiger partial charge in [-0.25, -0.2) is 0 Å². The molecule has 0 aliphatic heterocycles. The smallest absolute Gasteiger partial charge is 0.0279 e. The van der Waals surface area contributed by atoms with Gasteiger partial charge in [0.15, 0.2) is 0 Å². The van der Waals surface area contributed by atoms with E-state index in [-0.39, 0.29) is 0 Å². The number of hydrogen-bond acceptors (Lipinski definition) is 0. The van der Waals surface area contributed by atoms with Gasteiger partial charge in [0.2, 0.25) is 0 Å². The molecule has 0 heteroatoms. The van der Waals surface area contributed by atoms with Crippen LogP contribution < -0.4 is 0 Å². The molecule has 1 aliphatic carbocycles. The molecule has 2 aromatic rings. The Balaban J connectivity index is 0.000000826. The highest BCUT2D eigenvalue weighted by atomic mass is 14.0. The molecule has 0 heterocycles. The summed E-state index contributed by atoms with van der Waals surface area (Å²) in [5.41, 5.74) is 7.99. The van der Waals surface area contributed by atoms with Crippen LogP contribution in [0.2, 0.25) is 0 Å². The standard InChI is InChI=1S/C25H21.C3H6.C2H6/c1-19-4-8-22(9-5-19)12-13-24-15-17-25(21(3)18-24)16-14-23-10-6-20(2)7-11-23;1-3-2;1-2/h4-6,8-11,15,17-18H,7H2,1-3H3;3H,1H2,2H3;1-2H3. The Morgan fingerprint density at radius 2 is 1.40 bits per heavy atom. The van der Waals surface area contributed by atoms with E-state index in [1.165, 1.54) is 11.1 Å². The monoisotopic (exact) mass is 393 g/mol. The molecule has 0 saturated heterocycles. The first-order chi connectivity index (χ1) is 14.5. The van der Waals surface area contributed by atoms with Crippen LogP contribution in [0.4, 0.5) is 0 Å². The van der Waals surface area contributed by atoms with Crippen molar-refractivity contribution in [1.29, 1.82) is 0 Å². The highest BCUT2D eigenvalue weighted by Crippen LogP contribution is 2.16. The summed E-state index contributed by atoms with van der Waals surface area (Å²) in [6.07, 6.45) is 9.15. The Kier molecular flexibility index (Phi) is 11.5. The van der Waals surface area contributed by atoms with Gasteiger partial charge >= 0.3 is 0 Å². The molecule has 3 rings (SSSR count). The molecule has 0 saturated carbocycles. The first-order valence-corrected chi connectivity index (χ1v) is 10.5. The minimum atomic E-state index is 0.993. The van der Waals surface area contributed by atoms with Crippen LogP contribution in [0.1, 0.15) is 61.9 Å². The van der Waals surface area contributed by atoms with Gasteiger partial charge in [-0.05, 0) is 70.0 Å². The average molecular weight is 394 g/mol. The fraction of sp³-hybridized carbons (Fsp3) is 0.233. The van der Waals surface area contributed by atoms with Gasteiger partial charge in [-0.1, -0.05) is 79.0 Å². The lowest BCUT2D eigenvalue weighted by atomic mass is 9.99. The zero-order chi connectivity index (χ0) is 22.4. The van der Waals surface area contributed by atoms with Gasteiger partial charge in [-0.3, -0.25) is 0 Å². The van der Waals surface area contributed by atoms with Gasteiger partial charge in [-0.2, -0.15) is 0 Å². The van der Waals surface area contributed by atoms with E-state index >= 15 is 0 Å². The van der Waals surface area contributed by atoms with Crippen molar-refractivity contribution in [2.24, 2.45) is 0 Å². The quantitative estimate of drug-likeness (QED) is 0.317. The number of benzene rings is 2. The first-order valence-electron chi connectivity index (χ1n) is 10.5. The molecule has 0 bridgehead atoms. The maximum Gasteiger partial charge on any atom is 0.0279 e. The molecule has 0 fully saturated rings. The Hall–Kier alpha value is -3.22. The fourth-order valence-corrected chi connectivity index (χ4v) is 2.53. The molecule has 153 valence electrons. The van der Waals surface area contributed by atoms with Crippen LogP contribution in [-0.4, -0.2) is 0 Å². The van der Waals surface area contributed by atoms with Crippen molar-refractivity contribution in [3.63, 3.8) is 0 Å². The van der Waals surface area contributed by atoms with Crippen LogP contribution in [0, 0.1) is 44.0 Å². The van der Waals surface area contributed by atoms with E-state index in [0.717, 1.165) is 34.2 Å². The maximum atomic E-state index is 3.36. The molecule has 0 N–H and O–H groups in total.